The predicted octanol–water partition coefficient (Wildman–Crippen LogP) is 2.41. The number of benzene rings is 1. The number of hydrogen-bond donors (Lipinski definition) is 3. The van der Waals surface area contributed by atoms with Crippen LogP contribution in [0.5, 0.6) is 0 Å². The second-order valence-electron chi connectivity index (χ2n) is 8.46. The summed E-state index contributed by atoms with van der Waals surface area (Å²) in [5.41, 5.74) is 0.670. The summed E-state index contributed by atoms with van der Waals surface area (Å²) in [4.78, 5) is 38.8. The molecule has 1 unspecified atom stereocenters. The molecule has 0 aliphatic carbocycles. The molecule has 0 bridgehead atoms. The van der Waals surface area contributed by atoms with Gasteiger partial charge in [0, 0.05) is 26.1 Å². The number of nitrogens with one attached hydrogen (secondary N) is 2. The van der Waals surface area contributed by atoms with Crippen LogP contribution in [0.15, 0.2) is 30.3 Å². The molecule has 7 nitrogen and oxygen atoms in total. The predicted molar refractivity (Wildman–Crippen MR) is 121 cm³/mol. The molecule has 2 fully saturated rings. The third kappa shape index (κ3) is 7.51. The third-order valence-corrected chi connectivity index (χ3v) is 6.35. The molecule has 2 atom stereocenters. The lowest BCUT2D eigenvalue weighted by Gasteiger charge is -2.33. The summed E-state index contributed by atoms with van der Waals surface area (Å²) >= 11 is 0. The Labute approximate surface area is 190 Å². The molecule has 172 valence electrons. The van der Waals surface area contributed by atoms with Gasteiger partial charge in [0.05, 0.1) is 11.8 Å². The van der Waals surface area contributed by atoms with Gasteiger partial charge in [-0.25, -0.2) is 0 Å². The number of halogens is 1. The van der Waals surface area contributed by atoms with Crippen molar-refractivity contribution in [3.8, 4) is 0 Å². The van der Waals surface area contributed by atoms with Crippen molar-refractivity contribution in [2.45, 2.75) is 44.4 Å². The van der Waals surface area contributed by atoms with E-state index in [1.165, 1.54) is 0 Å². The second kappa shape index (κ2) is 12.7. The zero-order valence-electron chi connectivity index (χ0n) is 17.9. The van der Waals surface area contributed by atoms with Crippen LogP contribution in [0.25, 0.3) is 0 Å². The molecule has 1 aromatic rings. The number of amides is 2. The van der Waals surface area contributed by atoms with E-state index < -0.39 is 11.9 Å². The van der Waals surface area contributed by atoms with Gasteiger partial charge >= 0.3 is 5.97 Å². The van der Waals surface area contributed by atoms with Gasteiger partial charge in [-0.1, -0.05) is 30.3 Å². The first kappa shape index (κ1) is 25.1. The van der Waals surface area contributed by atoms with Gasteiger partial charge in [-0.05, 0) is 56.7 Å². The van der Waals surface area contributed by atoms with E-state index in [-0.39, 0.29) is 36.7 Å². The number of carboxylic acids is 1. The van der Waals surface area contributed by atoms with Crippen molar-refractivity contribution in [3.63, 3.8) is 0 Å². The first-order valence-electron chi connectivity index (χ1n) is 11.1. The number of nitrogens with zero attached hydrogens (tertiary/aromatic N) is 1. The SMILES string of the molecule is Cl.O=C(O)C(CNC(=O)[C@@H]1CCCN(C(=O)CCC2CCNCC2)C1)c1ccccc1. The quantitative estimate of drug-likeness (QED) is 0.563. The Bertz CT molecular complexity index is 725. The van der Waals surface area contributed by atoms with Crippen molar-refractivity contribution in [3.05, 3.63) is 35.9 Å². The third-order valence-electron chi connectivity index (χ3n) is 6.35. The van der Waals surface area contributed by atoms with Gasteiger partial charge in [0.15, 0.2) is 0 Å². The van der Waals surface area contributed by atoms with E-state index in [0.29, 0.717) is 31.0 Å². The number of likely N-dealkylation sites (tertiary alicyclic amines) is 1. The number of piperidine rings is 2. The van der Waals surface area contributed by atoms with Crippen molar-refractivity contribution >= 4 is 30.2 Å². The van der Waals surface area contributed by atoms with Crippen molar-refractivity contribution < 1.29 is 19.5 Å². The van der Waals surface area contributed by atoms with Crippen LogP contribution in [0.2, 0.25) is 0 Å². The lowest BCUT2D eigenvalue weighted by atomic mass is 9.92. The Morgan fingerprint density at radius 1 is 1.13 bits per heavy atom. The van der Waals surface area contributed by atoms with Crippen molar-refractivity contribution in [2.75, 3.05) is 32.7 Å². The van der Waals surface area contributed by atoms with Gasteiger partial charge in [-0.15, -0.1) is 12.4 Å². The topological polar surface area (TPSA) is 98.7 Å². The van der Waals surface area contributed by atoms with E-state index in [4.69, 9.17) is 0 Å². The molecule has 1 aromatic carbocycles. The normalized spacial score (nSPS) is 20.4. The highest BCUT2D eigenvalue weighted by molar-refractivity contribution is 5.85. The van der Waals surface area contributed by atoms with Gasteiger partial charge < -0.3 is 20.6 Å². The van der Waals surface area contributed by atoms with Crippen LogP contribution in [0.3, 0.4) is 0 Å². The van der Waals surface area contributed by atoms with Gasteiger partial charge in [0.1, 0.15) is 0 Å². The van der Waals surface area contributed by atoms with Gasteiger partial charge in [0.2, 0.25) is 11.8 Å². The fourth-order valence-corrected chi connectivity index (χ4v) is 4.45. The molecule has 3 rings (SSSR count). The average molecular weight is 452 g/mol. The fourth-order valence-electron chi connectivity index (χ4n) is 4.45. The van der Waals surface area contributed by atoms with Gasteiger partial charge in [-0.2, -0.15) is 0 Å². The monoisotopic (exact) mass is 451 g/mol. The minimum atomic E-state index is -0.958. The van der Waals surface area contributed by atoms with E-state index in [2.05, 4.69) is 10.6 Å². The Hall–Kier alpha value is -2.12. The van der Waals surface area contributed by atoms with Crippen molar-refractivity contribution in [2.24, 2.45) is 11.8 Å². The highest BCUT2D eigenvalue weighted by atomic mass is 35.5. The standard InChI is InChI=1S/C23H33N3O4.ClH/c27-21(9-8-17-10-12-24-13-11-17)26-14-4-7-19(16-26)22(28)25-15-20(23(29)30)18-5-2-1-3-6-18;/h1-3,5-6,17,19-20,24H,4,7-16H2,(H,25,28)(H,29,30);1H/t19-,20?;/m1./s1. The number of carboxylic acid groups (broad SMARTS) is 1. The largest absolute Gasteiger partial charge is 0.481 e. The Balaban J connectivity index is 0.00000341. The lowest BCUT2D eigenvalue weighted by molar-refractivity contribution is -0.138. The maximum absolute atomic E-state index is 12.7. The number of rotatable bonds is 8. The minimum absolute atomic E-state index is 0. The summed E-state index contributed by atoms with van der Waals surface area (Å²) < 4.78 is 0. The maximum Gasteiger partial charge on any atom is 0.312 e. The number of carbonyl (C=O) groups is 3. The fraction of sp³-hybridized carbons (Fsp3) is 0.609. The van der Waals surface area contributed by atoms with Crippen LogP contribution in [0.1, 0.15) is 50.0 Å². The molecular formula is C23H34ClN3O4. The summed E-state index contributed by atoms with van der Waals surface area (Å²) in [6.45, 7) is 3.26. The van der Waals surface area contributed by atoms with E-state index in [1.807, 2.05) is 11.0 Å². The van der Waals surface area contributed by atoms with E-state index in [0.717, 1.165) is 45.2 Å². The number of hydrogen-bond acceptors (Lipinski definition) is 4. The Morgan fingerprint density at radius 3 is 2.52 bits per heavy atom. The highest BCUT2D eigenvalue weighted by Gasteiger charge is 2.30. The summed E-state index contributed by atoms with van der Waals surface area (Å²) in [5, 5.41) is 15.7. The van der Waals surface area contributed by atoms with E-state index in [9.17, 15) is 19.5 Å². The van der Waals surface area contributed by atoms with E-state index in [1.54, 1.807) is 24.3 Å². The molecule has 0 spiro atoms. The minimum Gasteiger partial charge on any atom is -0.481 e. The summed E-state index contributed by atoms with van der Waals surface area (Å²) in [5.74, 6) is -1.41. The first-order chi connectivity index (χ1) is 14.5. The van der Waals surface area contributed by atoms with Crippen LogP contribution in [0.4, 0.5) is 0 Å². The zero-order valence-corrected chi connectivity index (χ0v) is 18.7. The first-order valence-corrected chi connectivity index (χ1v) is 11.1. The molecule has 3 N–H and O–H groups in total. The smallest absolute Gasteiger partial charge is 0.312 e. The Morgan fingerprint density at radius 2 is 1.84 bits per heavy atom. The van der Waals surface area contributed by atoms with E-state index >= 15 is 0 Å². The zero-order chi connectivity index (χ0) is 21.3. The van der Waals surface area contributed by atoms with Gasteiger partial charge in [-0.3, -0.25) is 14.4 Å². The molecule has 31 heavy (non-hydrogen) atoms. The van der Waals surface area contributed by atoms with Crippen LogP contribution in [0, 0.1) is 11.8 Å². The second-order valence-corrected chi connectivity index (χ2v) is 8.46. The van der Waals surface area contributed by atoms with Crippen LogP contribution < -0.4 is 10.6 Å². The molecule has 2 heterocycles. The van der Waals surface area contributed by atoms with Crippen LogP contribution in [-0.2, 0) is 14.4 Å². The summed E-state index contributed by atoms with van der Waals surface area (Å²) in [7, 11) is 0. The molecule has 2 aliphatic rings. The number of aliphatic carboxylic acids is 1. The Kier molecular flexibility index (Phi) is 10.3. The number of carbonyl (C=O) groups excluding carboxylic acids is 2. The van der Waals surface area contributed by atoms with Crippen molar-refractivity contribution in [1.82, 2.24) is 15.5 Å². The maximum atomic E-state index is 12.7. The molecule has 2 aliphatic heterocycles. The summed E-state index contributed by atoms with van der Waals surface area (Å²) in [6.07, 6.45) is 5.26. The molecule has 8 heteroatoms. The average Bonchev–Trinajstić information content (AvgIpc) is 2.78. The summed E-state index contributed by atoms with van der Waals surface area (Å²) in [6, 6.07) is 8.94. The van der Waals surface area contributed by atoms with Crippen LogP contribution >= 0.6 is 12.4 Å². The van der Waals surface area contributed by atoms with Crippen molar-refractivity contribution in [1.29, 1.82) is 0 Å². The van der Waals surface area contributed by atoms with Crippen LogP contribution in [-0.4, -0.2) is 60.5 Å². The molecule has 0 radical (unpaired) electrons. The molecule has 2 saturated heterocycles. The molecule has 2 amide bonds. The molecular weight excluding hydrogens is 418 g/mol. The molecule has 0 aromatic heterocycles. The lowest BCUT2D eigenvalue weighted by Crippen LogP contribution is -2.46. The molecule has 0 saturated carbocycles. The highest BCUT2D eigenvalue weighted by Crippen LogP contribution is 2.22. The van der Waals surface area contributed by atoms with Gasteiger partial charge in [0.25, 0.3) is 0 Å².